The largest absolute Gasteiger partial charge is 0.385 e. The summed E-state index contributed by atoms with van der Waals surface area (Å²) in [5.41, 5.74) is 2.13. The van der Waals surface area contributed by atoms with Gasteiger partial charge in [0.2, 0.25) is 11.8 Å². The third-order valence-electron chi connectivity index (χ3n) is 4.25. The summed E-state index contributed by atoms with van der Waals surface area (Å²) in [5.74, 6) is -1.09. The molecule has 0 aliphatic carbocycles. The van der Waals surface area contributed by atoms with Gasteiger partial charge in [0.15, 0.2) is 0 Å². The molecule has 2 rings (SSSR count). The molecule has 0 aliphatic rings. The molecule has 3 amide bonds. The van der Waals surface area contributed by atoms with Gasteiger partial charge < -0.3 is 20.3 Å². The molecule has 0 radical (unpaired) electrons. The summed E-state index contributed by atoms with van der Waals surface area (Å²) in [7, 11) is 1.57. The van der Waals surface area contributed by atoms with E-state index in [0.29, 0.717) is 35.8 Å². The van der Waals surface area contributed by atoms with Crippen LogP contribution in [0.25, 0.3) is 0 Å². The molecule has 0 unspecified atom stereocenters. The van der Waals surface area contributed by atoms with Gasteiger partial charge in [0.05, 0.1) is 13.1 Å². The molecule has 2 aromatic rings. The molecule has 0 bridgehead atoms. The number of nitrogens with zero attached hydrogens (tertiary/aromatic N) is 1. The van der Waals surface area contributed by atoms with Crippen molar-refractivity contribution < 1.29 is 19.1 Å². The van der Waals surface area contributed by atoms with Gasteiger partial charge in [-0.25, -0.2) is 0 Å². The van der Waals surface area contributed by atoms with Crippen LogP contribution in [0.1, 0.15) is 22.3 Å². The van der Waals surface area contributed by atoms with Gasteiger partial charge in [-0.05, 0) is 43.7 Å². The number of amides is 3. The number of hydrogen-bond donors (Lipinski definition) is 2. The maximum absolute atomic E-state index is 12.8. The van der Waals surface area contributed by atoms with Gasteiger partial charge in [-0.3, -0.25) is 14.4 Å². The molecule has 0 heterocycles. The van der Waals surface area contributed by atoms with E-state index in [1.807, 2.05) is 19.1 Å². The minimum Gasteiger partial charge on any atom is -0.385 e. The van der Waals surface area contributed by atoms with Crippen molar-refractivity contribution in [3.05, 3.63) is 64.7 Å². The van der Waals surface area contributed by atoms with Gasteiger partial charge in [-0.15, -0.1) is 0 Å². The summed E-state index contributed by atoms with van der Waals surface area (Å²) >= 11 is 5.97. The van der Waals surface area contributed by atoms with Crippen LogP contribution in [0.3, 0.4) is 0 Å². The molecule has 2 aromatic carbocycles. The number of hydrogen-bond acceptors (Lipinski definition) is 4. The number of carbonyl (C=O) groups excluding carboxylic acids is 3. The fourth-order valence-corrected chi connectivity index (χ4v) is 2.90. The fourth-order valence-electron chi connectivity index (χ4n) is 2.71. The Morgan fingerprint density at radius 2 is 1.80 bits per heavy atom. The second kappa shape index (κ2) is 11.9. The fraction of sp³-hybridized carbons (Fsp3) is 0.318. The van der Waals surface area contributed by atoms with E-state index in [4.69, 9.17) is 16.3 Å². The van der Waals surface area contributed by atoms with Crippen LogP contribution in [-0.2, 0) is 14.3 Å². The van der Waals surface area contributed by atoms with Gasteiger partial charge in [-0.1, -0.05) is 35.4 Å². The first-order chi connectivity index (χ1) is 14.4. The molecule has 160 valence electrons. The smallest absolute Gasteiger partial charge is 0.254 e. The second-order valence-corrected chi connectivity index (χ2v) is 7.21. The number of aryl methyl sites for hydroxylation is 1. The number of ether oxygens (including phenoxy) is 1. The quantitative estimate of drug-likeness (QED) is 0.566. The molecule has 0 atom stereocenters. The average molecular weight is 432 g/mol. The maximum Gasteiger partial charge on any atom is 0.254 e. The van der Waals surface area contributed by atoms with E-state index in [2.05, 4.69) is 10.6 Å². The van der Waals surface area contributed by atoms with Crippen LogP contribution in [0.2, 0.25) is 5.02 Å². The Balaban J connectivity index is 1.91. The predicted octanol–water partition coefficient (Wildman–Crippen LogP) is 2.88. The van der Waals surface area contributed by atoms with Gasteiger partial charge in [0.25, 0.3) is 5.91 Å². The Bertz CT molecular complexity index is 871. The number of methoxy groups -OCH3 is 1. The van der Waals surface area contributed by atoms with Crippen LogP contribution in [0.15, 0.2) is 48.5 Å². The third-order valence-corrected chi connectivity index (χ3v) is 4.49. The Kier molecular flexibility index (Phi) is 9.31. The molecule has 0 saturated heterocycles. The van der Waals surface area contributed by atoms with E-state index < -0.39 is 5.91 Å². The molecular weight excluding hydrogens is 406 g/mol. The molecule has 0 aliphatic heterocycles. The van der Waals surface area contributed by atoms with Crippen molar-refractivity contribution in [2.45, 2.75) is 13.3 Å². The number of halogens is 1. The Labute approximate surface area is 181 Å². The lowest BCUT2D eigenvalue weighted by molar-refractivity contribution is -0.124. The highest BCUT2D eigenvalue weighted by Crippen LogP contribution is 2.13. The first kappa shape index (κ1) is 23.4. The van der Waals surface area contributed by atoms with Crippen molar-refractivity contribution in [1.82, 2.24) is 10.2 Å². The number of nitrogens with one attached hydrogen (secondary N) is 2. The normalized spacial score (nSPS) is 10.4. The zero-order valence-electron chi connectivity index (χ0n) is 17.1. The Morgan fingerprint density at radius 1 is 1.07 bits per heavy atom. The summed E-state index contributed by atoms with van der Waals surface area (Å²) in [4.78, 5) is 38.6. The topological polar surface area (TPSA) is 87.7 Å². The van der Waals surface area contributed by atoms with E-state index >= 15 is 0 Å². The van der Waals surface area contributed by atoms with Crippen molar-refractivity contribution >= 4 is 35.0 Å². The van der Waals surface area contributed by atoms with E-state index in [9.17, 15) is 14.4 Å². The van der Waals surface area contributed by atoms with Crippen molar-refractivity contribution in [2.24, 2.45) is 0 Å². The van der Waals surface area contributed by atoms with E-state index in [1.54, 1.807) is 43.5 Å². The van der Waals surface area contributed by atoms with Crippen molar-refractivity contribution in [1.29, 1.82) is 0 Å². The van der Waals surface area contributed by atoms with Crippen LogP contribution in [0.5, 0.6) is 0 Å². The molecule has 0 fully saturated rings. The molecule has 0 saturated carbocycles. The first-order valence-electron chi connectivity index (χ1n) is 9.56. The number of rotatable bonds is 10. The first-order valence-corrected chi connectivity index (χ1v) is 9.94. The lowest BCUT2D eigenvalue weighted by Crippen LogP contribution is -2.43. The summed E-state index contributed by atoms with van der Waals surface area (Å²) in [6.07, 6.45) is 0.573. The molecule has 7 nitrogen and oxygen atoms in total. The van der Waals surface area contributed by atoms with Gasteiger partial charge in [0, 0.05) is 36.5 Å². The van der Waals surface area contributed by atoms with Crippen LogP contribution in [-0.4, -0.2) is 56.0 Å². The second-order valence-electron chi connectivity index (χ2n) is 6.77. The van der Waals surface area contributed by atoms with Crippen molar-refractivity contribution in [3.63, 3.8) is 0 Å². The minimum absolute atomic E-state index is 0.174. The lowest BCUT2D eigenvalue weighted by atomic mass is 10.2. The zero-order chi connectivity index (χ0) is 21.9. The Hall–Kier alpha value is -2.90. The third kappa shape index (κ3) is 7.85. The van der Waals surface area contributed by atoms with E-state index in [0.717, 1.165) is 5.56 Å². The van der Waals surface area contributed by atoms with Crippen LogP contribution < -0.4 is 10.6 Å². The van der Waals surface area contributed by atoms with E-state index in [-0.39, 0.29) is 24.9 Å². The minimum atomic E-state index is -0.429. The monoisotopic (exact) mass is 431 g/mol. The van der Waals surface area contributed by atoms with Crippen LogP contribution in [0.4, 0.5) is 5.69 Å². The van der Waals surface area contributed by atoms with Gasteiger partial charge in [-0.2, -0.15) is 0 Å². The highest BCUT2D eigenvalue weighted by atomic mass is 35.5. The molecule has 30 heavy (non-hydrogen) atoms. The summed E-state index contributed by atoms with van der Waals surface area (Å²) in [5, 5.41) is 5.70. The summed E-state index contributed by atoms with van der Waals surface area (Å²) in [6.45, 7) is 2.38. The molecule has 8 heteroatoms. The molecule has 0 spiro atoms. The standard InChI is InChI=1S/C22H26ClN3O4/c1-16-7-9-19(10-8-16)25-20(27)14-24-21(28)15-26(11-4-12-30-2)22(29)17-5-3-6-18(23)13-17/h3,5-10,13H,4,11-12,14-15H2,1-2H3,(H,24,28)(H,25,27). The highest BCUT2D eigenvalue weighted by Gasteiger charge is 2.19. The van der Waals surface area contributed by atoms with Crippen LogP contribution >= 0.6 is 11.6 Å². The molecule has 0 aromatic heterocycles. The van der Waals surface area contributed by atoms with Gasteiger partial charge in [0.1, 0.15) is 0 Å². The number of carbonyl (C=O) groups is 3. The average Bonchev–Trinajstić information content (AvgIpc) is 2.73. The van der Waals surface area contributed by atoms with Crippen molar-refractivity contribution in [2.75, 3.05) is 38.7 Å². The number of benzene rings is 2. The molecular formula is C22H26ClN3O4. The SMILES string of the molecule is COCCCN(CC(=O)NCC(=O)Nc1ccc(C)cc1)C(=O)c1cccc(Cl)c1. The molecule has 2 N–H and O–H groups in total. The predicted molar refractivity (Wildman–Crippen MR) is 117 cm³/mol. The summed E-state index contributed by atoms with van der Waals surface area (Å²) < 4.78 is 5.03. The van der Waals surface area contributed by atoms with Gasteiger partial charge >= 0.3 is 0 Å². The lowest BCUT2D eigenvalue weighted by Gasteiger charge is -2.22. The number of anilines is 1. The van der Waals surface area contributed by atoms with Crippen LogP contribution in [0, 0.1) is 6.92 Å². The highest BCUT2D eigenvalue weighted by molar-refractivity contribution is 6.31. The van der Waals surface area contributed by atoms with Crippen molar-refractivity contribution in [3.8, 4) is 0 Å². The Morgan fingerprint density at radius 3 is 2.47 bits per heavy atom. The zero-order valence-corrected chi connectivity index (χ0v) is 17.9. The maximum atomic E-state index is 12.8. The summed E-state index contributed by atoms with van der Waals surface area (Å²) in [6, 6.07) is 13.9. The van der Waals surface area contributed by atoms with E-state index in [1.165, 1.54) is 4.90 Å².